The Morgan fingerprint density at radius 3 is 2.94 bits per heavy atom. The van der Waals surface area contributed by atoms with Gasteiger partial charge in [-0.3, -0.25) is 4.79 Å². The summed E-state index contributed by atoms with van der Waals surface area (Å²) in [5.74, 6) is 0.770. The SMILES string of the molecule is COc1cccc(C=C2N=C(SC)SC2=O)c1. The van der Waals surface area contributed by atoms with Gasteiger partial charge in [0.05, 0.1) is 7.11 Å². The van der Waals surface area contributed by atoms with Gasteiger partial charge in [0.15, 0.2) is 0 Å². The smallest absolute Gasteiger partial charge is 0.244 e. The highest BCUT2D eigenvalue weighted by atomic mass is 32.2. The summed E-state index contributed by atoms with van der Waals surface area (Å²) < 4.78 is 5.92. The van der Waals surface area contributed by atoms with E-state index in [1.165, 1.54) is 23.5 Å². The number of aliphatic imine (C=N–C) groups is 1. The summed E-state index contributed by atoms with van der Waals surface area (Å²) in [5.41, 5.74) is 1.41. The molecule has 88 valence electrons. The molecule has 1 aromatic carbocycles. The van der Waals surface area contributed by atoms with Crippen molar-refractivity contribution in [3.05, 3.63) is 35.5 Å². The lowest BCUT2D eigenvalue weighted by Gasteiger charge is -2.00. The van der Waals surface area contributed by atoms with Crippen LogP contribution in [0.5, 0.6) is 5.75 Å². The second kappa shape index (κ2) is 5.42. The summed E-state index contributed by atoms with van der Waals surface area (Å²) in [5, 5.41) is -0.00262. The van der Waals surface area contributed by atoms with Gasteiger partial charge >= 0.3 is 0 Å². The minimum absolute atomic E-state index is 0.00262. The third kappa shape index (κ3) is 2.92. The van der Waals surface area contributed by atoms with Crippen molar-refractivity contribution < 1.29 is 9.53 Å². The van der Waals surface area contributed by atoms with E-state index in [1.807, 2.05) is 30.5 Å². The van der Waals surface area contributed by atoms with Gasteiger partial charge < -0.3 is 4.74 Å². The van der Waals surface area contributed by atoms with E-state index in [9.17, 15) is 4.79 Å². The van der Waals surface area contributed by atoms with Crippen LogP contribution in [0.2, 0.25) is 0 Å². The molecule has 0 radical (unpaired) electrons. The number of carbonyl (C=O) groups is 1. The van der Waals surface area contributed by atoms with Crippen LogP contribution in [-0.2, 0) is 4.79 Å². The fourth-order valence-corrected chi connectivity index (χ4v) is 2.63. The zero-order valence-electron chi connectivity index (χ0n) is 9.47. The highest BCUT2D eigenvalue weighted by molar-refractivity contribution is 8.45. The minimum Gasteiger partial charge on any atom is -0.497 e. The Labute approximate surface area is 108 Å². The first-order valence-corrected chi connectivity index (χ1v) is 6.97. The fraction of sp³-hybridized carbons (Fsp3) is 0.167. The Hall–Kier alpha value is -1.20. The lowest BCUT2D eigenvalue weighted by molar-refractivity contribution is -0.107. The van der Waals surface area contributed by atoms with Crippen LogP contribution in [0, 0.1) is 0 Å². The van der Waals surface area contributed by atoms with Crippen LogP contribution in [0.4, 0.5) is 0 Å². The summed E-state index contributed by atoms with van der Waals surface area (Å²) in [4.78, 5) is 15.9. The van der Waals surface area contributed by atoms with Gasteiger partial charge in [0.1, 0.15) is 15.8 Å². The zero-order valence-corrected chi connectivity index (χ0v) is 11.1. The third-order valence-corrected chi connectivity index (χ3v) is 4.02. The van der Waals surface area contributed by atoms with Crippen LogP contribution in [0.3, 0.4) is 0 Å². The van der Waals surface area contributed by atoms with Gasteiger partial charge in [-0.25, -0.2) is 4.99 Å². The molecule has 0 fully saturated rings. The van der Waals surface area contributed by atoms with Crippen molar-refractivity contribution in [3.8, 4) is 5.75 Å². The summed E-state index contributed by atoms with van der Waals surface area (Å²) in [6.07, 6.45) is 3.69. The number of carbonyl (C=O) groups excluding carboxylic acids is 1. The molecule has 0 N–H and O–H groups in total. The second-order valence-corrected chi connectivity index (χ2v) is 5.29. The van der Waals surface area contributed by atoms with Crippen molar-refractivity contribution >= 4 is 39.1 Å². The maximum Gasteiger partial charge on any atom is 0.244 e. The Kier molecular flexibility index (Phi) is 3.91. The van der Waals surface area contributed by atoms with Crippen molar-refractivity contribution in [2.24, 2.45) is 4.99 Å². The number of thioether (sulfide) groups is 2. The number of rotatable bonds is 2. The number of hydrogen-bond donors (Lipinski definition) is 0. The first-order valence-electron chi connectivity index (χ1n) is 4.93. The lowest BCUT2D eigenvalue weighted by Crippen LogP contribution is -1.88. The van der Waals surface area contributed by atoms with E-state index in [0.717, 1.165) is 15.7 Å². The molecule has 2 rings (SSSR count). The minimum atomic E-state index is -0.00262. The molecule has 17 heavy (non-hydrogen) atoms. The molecule has 0 saturated heterocycles. The molecule has 0 unspecified atom stereocenters. The standard InChI is InChI=1S/C12H11NO2S2/c1-15-9-5-3-4-8(6-9)7-10-11(14)17-12(13-10)16-2/h3-7H,1-2H3. The Morgan fingerprint density at radius 2 is 2.29 bits per heavy atom. The molecule has 0 bridgehead atoms. The molecular weight excluding hydrogens is 254 g/mol. The van der Waals surface area contributed by atoms with Crippen LogP contribution < -0.4 is 4.74 Å². The largest absolute Gasteiger partial charge is 0.497 e. The number of hydrogen-bond acceptors (Lipinski definition) is 5. The predicted molar refractivity (Wildman–Crippen MR) is 74.5 cm³/mol. The lowest BCUT2D eigenvalue weighted by atomic mass is 10.2. The van der Waals surface area contributed by atoms with Gasteiger partial charge in [0.25, 0.3) is 0 Å². The van der Waals surface area contributed by atoms with E-state index in [-0.39, 0.29) is 5.12 Å². The van der Waals surface area contributed by atoms with Crippen LogP contribution in [0.1, 0.15) is 5.56 Å². The first kappa shape index (κ1) is 12.3. The van der Waals surface area contributed by atoms with E-state index in [2.05, 4.69) is 4.99 Å². The molecule has 1 heterocycles. The van der Waals surface area contributed by atoms with Crippen LogP contribution in [0.25, 0.3) is 6.08 Å². The van der Waals surface area contributed by atoms with Crippen molar-refractivity contribution in [1.82, 2.24) is 0 Å². The van der Waals surface area contributed by atoms with E-state index in [0.29, 0.717) is 5.70 Å². The third-order valence-electron chi connectivity index (χ3n) is 2.17. The predicted octanol–water partition coefficient (Wildman–Crippen LogP) is 3.03. The average Bonchev–Trinajstić information content (AvgIpc) is 2.70. The molecule has 0 saturated carbocycles. The first-order chi connectivity index (χ1) is 8.22. The molecule has 3 nitrogen and oxygen atoms in total. The summed E-state index contributed by atoms with van der Waals surface area (Å²) in [6, 6.07) is 7.54. The highest BCUT2D eigenvalue weighted by Crippen LogP contribution is 2.30. The van der Waals surface area contributed by atoms with Gasteiger partial charge in [-0.2, -0.15) is 0 Å². The van der Waals surface area contributed by atoms with Crippen LogP contribution >= 0.6 is 23.5 Å². The Bertz CT molecular complexity index is 509. The van der Waals surface area contributed by atoms with Gasteiger partial charge in [0.2, 0.25) is 5.12 Å². The number of nitrogens with zero attached hydrogens (tertiary/aromatic N) is 1. The quantitative estimate of drug-likeness (QED) is 0.770. The van der Waals surface area contributed by atoms with Gasteiger partial charge in [-0.15, -0.1) is 11.8 Å². The fourth-order valence-electron chi connectivity index (χ4n) is 1.37. The van der Waals surface area contributed by atoms with Crippen molar-refractivity contribution in [2.45, 2.75) is 0 Å². The van der Waals surface area contributed by atoms with Crippen molar-refractivity contribution in [1.29, 1.82) is 0 Å². The van der Waals surface area contributed by atoms with Gasteiger partial charge in [-0.05, 0) is 41.8 Å². The number of ether oxygens (including phenoxy) is 1. The maximum atomic E-state index is 11.6. The Morgan fingerprint density at radius 1 is 1.47 bits per heavy atom. The summed E-state index contributed by atoms with van der Waals surface area (Å²) in [7, 11) is 1.62. The molecule has 0 spiro atoms. The Balaban J connectivity index is 2.29. The van der Waals surface area contributed by atoms with E-state index >= 15 is 0 Å². The van der Waals surface area contributed by atoms with Crippen molar-refractivity contribution in [3.63, 3.8) is 0 Å². The normalized spacial score (nSPS) is 17.4. The van der Waals surface area contributed by atoms with Gasteiger partial charge in [0, 0.05) is 0 Å². The molecule has 1 aromatic rings. The van der Waals surface area contributed by atoms with Gasteiger partial charge in [-0.1, -0.05) is 12.1 Å². The molecule has 0 aliphatic carbocycles. The topological polar surface area (TPSA) is 38.7 Å². The maximum absolute atomic E-state index is 11.6. The number of methoxy groups -OCH3 is 1. The summed E-state index contributed by atoms with van der Waals surface area (Å²) in [6.45, 7) is 0. The van der Waals surface area contributed by atoms with E-state index in [1.54, 1.807) is 13.2 Å². The molecular formula is C12H11NO2S2. The molecule has 1 aliphatic heterocycles. The molecule has 1 aliphatic rings. The highest BCUT2D eigenvalue weighted by Gasteiger charge is 2.21. The van der Waals surface area contributed by atoms with E-state index in [4.69, 9.17) is 4.74 Å². The van der Waals surface area contributed by atoms with Crippen molar-refractivity contribution in [2.75, 3.05) is 13.4 Å². The average molecular weight is 265 g/mol. The summed E-state index contributed by atoms with van der Waals surface area (Å²) >= 11 is 2.66. The number of benzene rings is 1. The molecule has 0 atom stereocenters. The monoisotopic (exact) mass is 265 g/mol. The zero-order chi connectivity index (χ0) is 12.3. The van der Waals surface area contributed by atoms with Crippen LogP contribution in [0.15, 0.2) is 35.0 Å². The molecule has 5 heteroatoms. The second-order valence-electron chi connectivity index (χ2n) is 3.28. The van der Waals surface area contributed by atoms with E-state index < -0.39 is 0 Å². The molecule has 0 aromatic heterocycles. The van der Waals surface area contributed by atoms with Crippen LogP contribution in [-0.4, -0.2) is 22.9 Å². The molecule has 0 amide bonds.